The summed E-state index contributed by atoms with van der Waals surface area (Å²) >= 11 is 6.24. The van der Waals surface area contributed by atoms with E-state index in [0.29, 0.717) is 23.4 Å². The van der Waals surface area contributed by atoms with Crippen LogP contribution in [0.1, 0.15) is 30.7 Å². The first-order valence-corrected chi connectivity index (χ1v) is 8.61. The maximum Gasteiger partial charge on any atom is 0.470 e. The minimum absolute atomic E-state index is 0.139. The highest BCUT2D eigenvalue weighted by Gasteiger charge is 2.41. The molecule has 0 radical (unpaired) electrons. The highest BCUT2D eigenvalue weighted by molar-refractivity contribution is 6.31. The second-order valence-electron chi connectivity index (χ2n) is 6.39. The van der Waals surface area contributed by atoms with Gasteiger partial charge in [0.2, 0.25) is 5.95 Å². The maximum atomic E-state index is 13.7. The molecule has 1 aliphatic rings. The Bertz CT molecular complexity index is 1000. The molecule has 0 spiro atoms. The van der Waals surface area contributed by atoms with Crippen LogP contribution in [0.2, 0.25) is 5.02 Å². The number of benzene rings is 1. The van der Waals surface area contributed by atoms with Crippen molar-refractivity contribution >= 4 is 17.5 Å². The molecule has 1 aliphatic carbocycles. The Morgan fingerprint density at radius 3 is 2.39 bits per heavy atom. The number of aromatic nitrogens is 4. The molecule has 1 aromatic carbocycles. The molecule has 11 heteroatoms. The zero-order valence-corrected chi connectivity index (χ0v) is 14.9. The van der Waals surface area contributed by atoms with Gasteiger partial charge in [-0.3, -0.25) is 0 Å². The molecule has 146 valence electrons. The number of nitrogens with one attached hydrogen (secondary N) is 1. The smallest absolute Gasteiger partial charge is 0.413 e. The van der Waals surface area contributed by atoms with Crippen LogP contribution in [-0.4, -0.2) is 20.2 Å². The van der Waals surface area contributed by atoms with Gasteiger partial charge in [-0.05, 0) is 43.0 Å². The van der Waals surface area contributed by atoms with Crippen molar-refractivity contribution < 1.29 is 22.0 Å². The summed E-state index contributed by atoms with van der Waals surface area (Å²) in [4.78, 5) is 8.21. The Balaban J connectivity index is 1.57. The topological polar surface area (TPSA) is 76.7 Å². The van der Waals surface area contributed by atoms with Gasteiger partial charge in [-0.2, -0.15) is 13.2 Å². The number of alkyl halides is 3. The summed E-state index contributed by atoms with van der Waals surface area (Å²) in [5, 5.41) is 9.91. The molecular formula is C17H12ClF4N5O. The molecule has 0 bridgehead atoms. The first kappa shape index (κ1) is 18.6. The first-order valence-electron chi connectivity index (χ1n) is 8.24. The predicted molar refractivity (Wildman–Crippen MR) is 90.9 cm³/mol. The van der Waals surface area contributed by atoms with Gasteiger partial charge in [0.1, 0.15) is 5.82 Å². The standard InChI is InChI=1S/C17H12ClF4N5O/c18-12-3-2-10(19)6-11(12)16(4-1-5-16)25-15-23-7-9(8-24-15)13-26-27-14(28-13)17(20,21)22/h2-3,6-8H,1,4-5H2,(H,23,24,25). The molecule has 2 heterocycles. The second-order valence-corrected chi connectivity index (χ2v) is 6.80. The lowest BCUT2D eigenvalue weighted by atomic mass is 9.72. The summed E-state index contributed by atoms with van der Waals surface area (Å²) in [6, 6.07) is 4.15. The van der Waals surface area contributed by atoms with Crippen molar-refractivity contribution in [1.29, 1.82) is 0 Å². The Labute approximate surface area is 161 Å². The molecule has 1 saturated carbocycles. The van der Waals surface area contributed by atoms with Crippen LogP contribution in [0.15, 0.2) is 35.0 Å². The molecule has 0 aliphatic heterocycles. The minimum atomic E-state index is -4.73. The molecule has 1 N–H and O–H groups in total. The van der Waals surface area contributed by atoms with Crippen molar-refractivity contribution in [3.8, 4) is 11.5 Å². The van der Waals surface area contributed by atoms with E-state index in [9.17, 15) is 17.6 Å². The van der Waals surface area contributed by atoms with E-state index in [1.165, 1.54) is 30.6 Å². The van der Waals surface area contributed by atoms with E-state index in [1.807, 2.05) is 0 Å². The summed E-state index contributed by atoms with van der Waals surface area (Å²) in [5.74, 6) is -1.97. The van der Waals surface area contributed by atoms with Gasteiger partial charge in [0.05, 0.1) is 11.1 Å². The number of halogens is 5. The molecular weight excluding hydrogens is 402 g/mol. The van der Waals surface area contributed by atoms with Crippen LogP contribution < -0.4 is 5.32 Å². The van der Waals surface area contributed by atoms with E-state index in [4.69, 9.17) is 11.6 Å². The van der Waals surface area contributed by atoms with Crippen LogP contribution in [0.4, 0.5) is 23.5 Å². The molecule has 3 aromatic rings. The average Bonchev–Trinajstić information content (AvgIpc) is 3.11. The van der Waals surface area contributed by atoms with E-state index in [-0.39, 0.29) is 17.4 Å². The Morgan fingerprint density at radius 2 is 1.82 bits per heavy atom. The van der Waals surface area contributed by atoms with Crippen molar-refractivity contribution in [3.05, 3.63) is 52.9 Å². The van der Waals surface area contributed by atoms with Crippen LogP contribution in [0.25, 0.3) is 11.5 Å². The molecule has 0 amide bonds. The molecule has 1 fully saturated rings. The third-order valence-corrected chi connectivity index (χ3v) is 4.90. The number of nitrogens with zero attached hydrogens (tertiary/aromatic N) is 4. The van der Waals surface area contributed by atoms with Gasteiger partial charge in [0.25, 0.3) is 5.89 Å². The quantitative estimate of drug-likeness (QED) is 0.617. The third-order valence-electron chi connectivity index (χ3n) is 4.57. The fourth-order valence-corrected chi connectivity index (χ4v) is 3.33. The second kappa shape index (κ2) is 6.69. The lowest BCUT2D eigenvalue weighted by Crippen LogP contribution is -2.43. The molecule has 2 aromatic heterocycles. The highest BCUT2D eigenvalue weighted by Crippen LogP contribution is 2.46. The van der Waals surface area contributed by atoms with Crippen molar-refractivity contribution in [2.75, 3.05) is 5.32 Å². The Kier molecular flexibility index (Phi) is 4.45. The SMILES string of the molecule is Fc1ccc(Cl)c(C2(Nc3ncc(-c4nnc(C(F)(F)F)o4)cn3)CCC2)c1. The van der Waals surface area contributed by atoms with E-state index in [2.05, 4.69) is 29.9 Å². The van der Waals surface area contributed by atoms with E-state index in [1.54, 1.807) is 0 Å². The summed E-state index contributed by atoms with van der Waals surface area (Å²) in [6.45, 7) is 0. The molecule has 4 rings (SSSR count). The zero-order chi connectivity index (χ0) is 19.9. The van der Waals surface area contributed by atoms with Gasteiger partial charge in [0.15, 0.2) is 0 Å². The van der Waals surface area contributed by atoms with Crippen molar-refractivity contribution in [1.82, 2.24) is 20.2 Å². The first-order chi connectivity index (χ1) is 13.3. The Morgan fingerprint density at radius 1 is 1.11 bits per heavy atom. The van der Waals surface area contributed by atoms with E-state index < -0.39 is 23.4 Å². The molecule has 0 saturated heterocycles. The van der Waals surface area contributed by atoms with Gasteiger partial charge < -0.3 is 9.73 Å². The normalized spacial score (nSPS) is 15.9. The van der Waals surface area contributed by atoms with Crippen LogP contribution >= 0.6 is 11.6 Å². The lowest BCUT2D eigenvalue weighted by Gasteiger charge is -2.43. The van der Waals surface area contributed by atoms with Gasteiger partial charge in [-0.15, -0.1) is 10.2 Å². The number of hydrogen-bond acceptors (Lipinski definition) is 6. The zero-order valence-electron chi connectivity index (χ0n) is 14.1. The van der Waals surface area contributed by atoms with Gasteiger partial charge in [-0.25, -0.2) is 14.4 Å². The van der Waals surface area contributed by atoms with E-state index >= 15 is 0 Å². The molecule has 0 unspecified atom stereocenters. The fourth-order valence-electron chi connectivity index (χ4n) is 3.03. The van der Waals surface area contributed by atoms with Crippen molar-refractivity contribution in [3.63, 3.8) is 0 Å². The fraction of sp³-hybridized carbons (Fsp3) is 0.294. The summed E-state index contributed by atoms with van der Waals surface area (Å²) in [7, 11) is 0. The summed E-state index contributed by atoms with van der Waals surface area (Å²) in [5.41, 5.74) is 0.147. The van der Waals surface area contributed by atoms with Crippen molar-refractivity contribution in [2.45, 2.75) is 31.0 Å². The minimum Gasteiger partial charge on any atom is -0.413 e. The maximum absolute atomic E-state index is 13.7. The highest BCUT2D eigenvalue weighted by atomic mass is 35.5. The van der Waals surface area contributed by atoms with Gasteiger partial charge in [-0.1, -0.05) is 11.6 Å². The average molecular weight is 414 g/mol. The largest absolute Gasteiger partial charge is 0.470 e. The van der Waals surface area contributed by atoms with Crippen molar-refractivity contribution in [2.24, 2.45) is 0 Å². The van der Waals surface area contributed by atoms with Gasteiger partial charge in [0, 0.05) is 17.4 Å². The molecule has 0 atom stereocenters. The van der Waals surface area contributed by atoms with Gasteiger partial charge >= 0.3 is 12.1 Å². The van der Waals surface area contributed by atoms with Crippen LogP contribution in [0.3, 0.4) is 0 Å². The van der Waals surface area contributed by atoms with Crippen LogP contribution in [0.5, 0.6) is 0 Å². The number of hydrogen-bond donors (Lipinski definition) is 1. The van der Waals surface area contributed by atoms with Crippen LogP contribution in [0, 0.1) is 5.82 Å². The Hall–Kier alpha value is -2.75. The monoisotopic (exact) mass is 413 g/mol. The number of anilines is 1. The molecule has 28 heavy (non-hydrogen) atoms. The molecule has 6 nitrogen and oxygen atoms in total. The summed E-state index contributed by atoms with van der Waals surface area (Å²) < 4.78 is 56.0. The summed E-state index contributed by atoms with van der Waals surface area (Å²) in [6.07, 6.45) is 0.138. The van der Waals surface area contributed by atoms with E-state index in [0.717, 1.165) is 6.42 Å². The lowest BCUT2D eigenvalue weighted by molar-refractivity contribution is -0.156. The van der Waals surface area contributed by atoms with Crippen LogP contribution in [-0.2, 0) is 11.7 Å². The number of rotatable bonds is 4. The third kappa shape index (κ3) is 3.39. The predicted octanol–water partition coefficient (Wildman–Crippen LogP) is 4.83.